The predicted molar refractivity (Wildman–Crippen MR) is 76.4 cm³/mol. The Morgan fingerprint density at radius 2 is 2.28 bits per heavy atom. The van der Waals surface area contributed by atoms with Crippen molar-refractivity contribution < 1.29 is 9.53 Å². The number of carbonyl (C=O) groups excluding carboxylic acids is 1. The van der Waals surface area contributed by atoms with Crippen LogP contribution in [0.25, 0.3) is 0 Å². The van der Waals surface area contributed by atoms with Crippen molar-refractivity contribution >= 4 is 29.2 Å². The Bertz CT molecular complexity index is 406. The first-order valence-electron chi connectivity index (χ1n) is 6.07. The van der Waals surface area contributed by atoms with Gasteiger partial charge in [-0.1, -0.05) is 6.07 Å². The zero-order valence-electron chi connectivity index (χ0n) is 10.4. The predicted octanol–water partition coefficient (Wildman–Crippen LogP) is 3.17. The van der Waals surface area contributed by atoms with E-state index in [1.165, 1.54) is 25.7 Å². The largest absolute Gasteiger partial charge is 0.453 e. The number of methoxy groups -OCH3 is 1. The molecule has 4 nitrogen and oxygen atoms in total. The van der Waals surface area contributed by atoms with E-state index in [1.54, 1.807) is 0 Å². The number of thioether (sulfide) groups is 1. The highest BCUT2D eigenvalue weighted by Gasteiger charge is 2.13. The summed E-state index contributed by atoms with van der Waals surface area (Å²) >= 11 is 1.99. The molecule has 2 N–H and O–H groups in total. The van der Waals surface area contributed by atoms with E-state index in [0.717, 1.165) is 17.1 Å². The number of ether oxygens (including phenoxy) is 1. The maximum Gasteiger partial charge on any atom is 0.411 e. The number of anilines is 2. The molecular formula is C13H18N2O2S. The maximum atomic E-state index is 11.1. The number of hydrogen-bond donors (Lipinski definition) is 2. The summed E-state index contributed by atoms with van der Waals surface area (Å²) in [5, 5.41) is 6.16. The summed E-state index contributed by atoms with van der Waals surface area (Å²) in [6.45, 7) is 0. The highest BCUT2D eigenvalue weighted by atomic mass is 32.2. The minimum Gasteiger partial charge on any atom is -0.453 e. The van der Waals surface area contributed by atoms with Gasteiger partial charge in [0.2, 0.25) is 0 Å². The van der Waals surface area contributed by atoms with Gasteiger partial charge in [0, 0.05) is 23.2 Å². The molecule has 1 aliphatic heterocycles. The summed E-state index contributed by atoms with van der Waals surface area (Å²) in [5.41, 5.74) is 1.78. The van der Waals surface area contributed by atoms with Gasteiger partial charge in [-0.2, -0.15) is 11.8 Å². The molecule has 0 saturated carbocycles. The Labute approximate surface area is 111 Å². The third-order valence-corrected chi connectivity index (χ3v) is 4.04. The van der Waals surface area contributed by atoms with E-state index in [4.69, 9.17) is 0 Å². The number of nitrogens with one attached hydrogen (secondary N) is 2. The van der Waals surface area contributed by atoms with Crippen molar-refractivity contribution in [1.29, 1.82) is 0 Å². The molecule has 1 aromatic carbocycles. The summed E-state index contributed by atoms with van der Waals surface area (Å²) in [6, 6.07) is 8.23. The fourth-order valence-electron chi connectivity index (χ4n) is 1.95. The Balaban J connectivity index is 1.95. The minimum absolute atomic E-state index is 0.444. The summed E-state index contributed by atoms with van der Waals surface area (Å²) in [5.74, 6) is 2.41. The first kappa shape index (κ1) is 13.1. The Morgan fingerprint density at radius 3 is 3.00 bits per heavy atom. The molecule has 1 amide bonds. The van der Waals surface area contributed by atoms with Gasteiger partial charge in [-0.25, -0.2) is 4.79 Å². The van der Waals surface area contributed by atoms with E-state index in [1.807, 2.05) is 36.0 Å². The molecule has 1 fully saturated rings. The van der Waals surface area contributed by atoms with E-state index >= 15 is 0 Å². The van der Waals surface area contributed by atoms with Crippen molar-refractivity contribution in [2.24, 2.45) is 0 Å². The zero-order chi connectivity index (χ0) is 12.8. The fraction of sp³-hybridized carbons (Fsp3) is 0.462. The van der Waals surface area contributed by atoms with E-state index in [0.29, 0.717) is 6.04 Å². The molecule has 0 radical (unpaired) electrons. The van der Waals surface area contributed by atoms with Crippen molar-refractivity contribution in [3.05, 3.63) is 24.3 Å². The minimum atomic E-state index is -0.444. The molecule has 0 aromatic heterocycles. The quantitative estimate of drug-likeness (QED) is 0.882. The zero-order valence-corrected chi connectivity index (χ0v) is 11.3. The van der Waals surface area contributed by atoms with Crippen molar-refractivity contribution in [3.63, 3.8) is 0 Å². The normalized spacial score (nSPS) is 19.1. The molecule has 18 heavy (non-hydrogen) atoms. The van der Waals surface area contributed by atoms with Crippen LogP contribution < -0.4 is 10.6 Å². The average Bonchev–Trinajstić information content (AvgIpc) is 2.40. The van der Waals surface area contributed by atoms with Crippen molar-refractivity contribution in [3.8, 4) is 0 Å². The van der Waals surface area contributed by atoms with E-state index in [9.17, 15) is 4.79 Å². The Morgan fingerprint density at radius 1 is 1.44 bits per heavy atom. The molecule has 1 saturated heterocycles. The van der Waals surface area contributed by atoms with Crippen LogP contribution in [0.5, 0.6) is 0 Å². The molecule has 2 rings (SSSR count). The standard InChI is InChI=1S/C13H18N2O2S/c1-17-13(16)15-11-5-2-4-10(8-11)14-12-6-3-7-18-9-12/h2,4-5,8,12,14H,3,6-7,9H2,1H3,(H,15,16). The first-order valence-corrected chi connectivity index (χ1v) is 7.23. The highest BCUT2D eigenvalue weighted by molar-refractivity contribution is 7.99. The second-order valence-electron chi connectivity index (χ2n) is 4.26. The van der Waals surface area contributed by atoms with Gasteiger partial charge >= 0.3 is 6.09 Å². The number of amides is 1. The average molecular weight is 266 g/mol. The molecule has 0 spiro atoms. The second kappa shape index (κ2) is 6.54. The summed E-state index contributed by atoms with van der Waals surface area (Å²) < 4.78 is 4.57. The number of hydrogen-bond acceptors (Lipinski definition) is 4. The lowest BCUT2D eigenvalue weighted by Gasteiger charge is -2.23. The van der Waals surface area contributed by atoms with Crippen LogP contribution in [0.4, 0.5) is 16.2 Å². The summed E-state index contributed by atoms with van der Waals surface area (Å²) in [4.78, 5) is 11.1. The van der Waals surface area contributed by atoms with Crippen LogP contribution in [0.3, 0.4) is 0 Å². The number of carbonyl (C=O) groups is 1. The monoisotopic (exact) mass is 266 g/mol. The van der Waals surface area contributed by atoms with Crippen molar-refractivity contribution in [1.82, 2.24) is 0 Å². The highest BCUT2D eigenvalue weighted by Crippen LogP contribution is 2.22. The SMILES string of the molecule is COC(=O)Nc1cccc(NC2CCCSC2)c1. The maximum absolute atomic E-state index is 11.1. The molecule has 1 aromatic rings. The molecule has 1 atom stereocenters. The van der Waals surface area contributed by atoms with Crippen LogP contribution >= 0.6 is 11.8 Å². The molecular weight excluding hydrogens is 248 g/mol. The lowest BCUT2D eigenvalue weighted by atomic mass is 10.1. The molecule has 1 unspecified atom stereocenters. The summed E-state index contributed by atoms with van der Waals surface area (Å²) in [6.07, 6.45) is 2.03. The van der Waals surface area contributed by atoms with E-state index in [-0.39, 0.29) is 0 Å². The van der Waals surface area contributed by atoms with Crippen molar-refractivity contribution in [2.45, 2.75) is 18.9 Å². The summed E-state index contributed by atoms with van der Waals surface area (Å²) in [7, 11) is 1.36. The van der Waals surface area contributed by atoms with Gasteiger partial charge in [0.1, 0.15) is 0 Å². The second-order valence-corrected chi connectivity index (χ2v) is 5.41. The molecule has 1 aliphatic rings. The fourth-order valence-corrected chi connectivity index (χ4v) is 3.02. The van der Waals surface area contributed by atoms with Crippen LogP contribution in [0, 0.1) is 0 Å². The molecule has 5 heteroatoms. The van der Waals surface area contributed by atoms with Gasteiger partial charge in [0.25, 0.3) is 0 Å². The van der Waals surface area contributed by atoms with Crippen LogP contribution in [0.2, 0.25) is 0 Å². The number of rotatable bonds is 3. The van der Waals surface area contributed by atoms with Crippen LogP contribution in [0.15, 0.2) is 24.3 Å². The van der Waals surface area contributed by atoms with Gasteiger partial charge in [0.05, 0.1) is 7.11 Å². The van der Waals surface area contributed by atoms with Crippen molar-refractivity contribution in [2.75, 3.05) is 29.2 Å². The van der Waals surface area contributed by atoms with E-state index in [2.05, 4.69) is 15.4 Å². The first-order chi connectivity index (χ1) is 8.78. The van der Waals surface area contributed by atoms with Gasteiger partial charge in [-0.05, 0) is 36.8 Å². The Hall–Kier alpha value is -1.36. The third-order valence-electron chi connectivity index (χ3n) is 2.83. The van der Waals surface area contributed by atoms with Gasteiger partial charge in [-0.3, -0.25) is 5.32 Å². The lowest BCUT2D eigenvalue weighted by Crippen LogP contribution is -2.25. The third kappa shape index (κ3) is 3.84. The van der Waals surface area contributed by atoms with Crippen LogP contribution in [-0.4, -0.2) is 30.8 Å². The van der Waals surface area contributed by atoms with Gasteiger partial charge in [-0.15, -0.1) is 0 Å². The van der Waals surface area contributed by atoms with Crippen LogP contribution in [-0.2, 0) is 4.74 Å². The molecule has 1 heterocycles. The lowest BCUT2D eigenvalue weighted by molar-refractivity contribution is 0.187. The molecule has 98 valence electrons. The van der Waals surface area contributed by atoms with Gasteiger partial charge < -0.3 is 10.1 Å². The Kier molecular flexibility index (Phi) is 4.75. The van der Waals surface area contributed by atoms with Crippen LogP contribution in [0.1, 0.15) is 12.8 Å². The smallest absolute Gasteiger partial charge is 0.411 e. The van der Waals surface area contributed by atoms with Gasteiger partial charge in [0.15, 0.2) is 0 Å². The molecule has 0 aliphatic carbocycles. The number of benzene rings is 1. The van der Waals surface area contributed by atoms with E-state index < -0.39 is 6.09 Å². The molecule has 0 bridgehead atoms. The topological polar surface area (TPSA) is 50.4 Å².